The molecular weight excluding hydrogens is 355 g/mol. The van der Waals surface area contributed by atoms with Crippen LogP contribution in [0.1, 0.15) is 66.9 Å². The Labute approximate surface area is 157 Å². The molecule has 0 heterocycles. The molecule has 3 nitrogen and oxygen atoms in total. The van der Waals surface area contributed by atoms with E-state index >= 15 is 0 Å². The molecule has 0 aliphatic heterocycles. The Morgan fingerprint density at radius 2 is 1.05 bits per heavy atom. The van der Waals surface area contributed by atoms with Gasteiger partial charge in [-0.05, 0) is 41.5 Å². The zero-order chi connectivity index (χ0) is 17.3. The standard InChI is InChI=1S/C9H13.3C3H8O.Zr/c1-2-3-6-9-7-4-5-8-9;3*1-3(2)4;/h4-5,7-8H,2-3,6H2,1H3;3*3-4H,1-2H3;/q-1;;;;. The predicted octanol–water partition coefficient (Wildman–Crippen LogP) is 3.91. The van der Waals surface area contributed by atoms with Gasteiger partial charge in [-0.1, -0.05) is 26.2 Å². The van der Waals surface area contributed by atoms with Crippen LogP contribution in [0, 0.1) is 0 Å². The number of hydrogen-bond acceptors (Lipinski definition) is 3. The average molecular weight is 393 g/mol. The maximum Gasteiger partial charge on any atom is 0.0483 e. The molecule has 0 saturated heterocycles. The van der Waals surface area contributed by atoms with E-state index < -0.39 is 0 Å². The zero-order valence-electron chi connectivity index (χ0n) is 15.5. The van der Waals surface area contributed by atoms with Crippen molar-refractivity contribution >= 4 is 0 Å². The van der Waals surface area contributed by atoms with Gasteiger partial charge < -0.3 is 15.3 Å². The summed E-state index contributed by atoms with van der Waals surface area (Å²) in [7, 11) is 0. The fraction of sp³-hybridized carbons (Fsp3) is 0.722. The van der Waals surface area contributed by atoms with Crippen LogP contribution in [0.4, 0.5) is 0 Å². The third-order valence-electron chi connectivity index (χ3n) is 1.55. The quantitative estimate of drug-likeness (QED) is 0.684. The van der Waals surface area contributed by atoms with Gasteiger partial charge in [0.25, 0.3) is 0 Å². The smallest absolute Gasteiger partial charge is 0.0483 e. The Hall–Kier alpha value is 0.113. The minimum Gasteiger partial charge on any atom is -0.394 e. The summed E-state index contributed by atoms with van der Waals surface area (Å²) in [4.78, 5) is 0. The summed E-state index contributed by atoms with van der Waals surface area (Å²) in [6.45, 7) is 12.6. The Bertz CT molecular complexity index is 235. The first-order chi connectivity index (χ1) is 9.63. The minimum atomic E-state index is -0.167. The van der Waals surface area contributed by atoms with Gasteiger partial charge in [0, 0.05) is 44.5 Å². The van der Waals surface area contributed by atoms with Gasteiger partial charge in [-0.25, -0.2) is 12.1 Å². The van der Waals surface area contributed by atoms with Crippen molar-refractivity contribution in [2.45, 2.75) is 86.0 Å². The second-order valence-corrected chi connectivity index (χ2v) is 5.68. The summed E-state index contributed by atoms with van der Waals surface area (Å²) < 4.78 is 0. The third-order valence-corrected chi connectivity index (χ3v) is 1.55. The molecule has 0 spiro atoms. The summed E-state index contributed by atoms with van der Waals surface area (Å²) in [5.74, 6) is 0. The maximum atomic E-state index is 8.06. The van der Waals surface area contributed by atoms with Gasteiger partial charge in [0.1, 0.15) is 0 Å². The molecule has 0 fully saturated rings. The second kappa shape index (κ2) is 23.4. The molecule has 0 aliphatic carbocycles. The van der Waals surface area contributed by atoms with Crippen molar-refractivity contribution in [3.05, 3.63) is 29.8 Å². The Morgan fingerprint density at radius 3 is 1.27 bits per heavy atom. The van der Waals surface area contributed by atoms with E-state index in [4.69, 9.17) is 15.3 Å². The van der Waals surface area contributed by atoms with Crippen molar-refractivity contribution < 1.29 is 41.5 Å². The van der Waals surface area contributed by atoms with Crippen LogP contribution in [0.15, 0.2) is 24.3 Å². The molecular formula is C18H37O3Zr-. The molecule has 0 radical (unpaired) electrons. The van der Waals surface area contributed by atoms with E-state index in [1.54, 1.807) is 41.5 Å². The van der Waals surface area contributed by atoms with Crippen LogP contribution in [-0.2, 0) is 32.6 Å². The Kier molecular flexibility index (Phi) is 31.9. The topological polar surface area (TPSA) is 60.7 Å². The number of unbranched alkanes of at least 4 members (excludes halogenated alkanes) is 1. The molecule has 0 aliphatic rings. The van der Waals surface area contributed by atoms with E-state index in [9.17, 15) is 0 Å². The zero-order valence-corrected chi connectivity index (χ0v) is 18.0. The predicted molar refractivity (Wildman–Crippen MR) is 92.7 cm³/mol. The van der Waals surface area contributed by atoms with E-state index in [0.29, 0.717) is 0 Å². The summed E-state index contributed by atoms with van der Waals surface area (Å²) in [5.41, 5.74) is 1.48. The number of aliphatic hydroxyl groups is 3. The summed E-state index contributed by atoms with van der Waals surface area (Å²) in [6.07, 6.45) is 3.37. The average Bonchev–Trinajstić information content (AvgIpc) is 2.76. The third kappa shape index (κ3) is 59.5. The fourth-order valence-corrected chi connectivity index (χ4v) is 0.961. The SMILES string of the molecule is CC(C)O.CC(C)O.CC(C)O.CCCC[c-]1cccc1.[Zr]. The Balaban J connectivity index is -0.000000107. The summed E-state index contributed by atoms with van der Waals surface area (Å²) in [6, 6.07) is 8.58. The van der Waals surface area contributed by atoms with Gasteiger partial charge in [-0.15, -0.1) is 0 Å². The first kappa shape index (κ1) is 30.0. The van der Waals surface area contributed by atoms with Crippen molar-refractivity contribution in [3.63, 3.8) is 0 Å². The monoisotopic (exact) mass is 391 g/mol. The van der Waals surface area contributed by atoms with Crippen molar-refractivity contribution in [1.29, 1.82) is 0 Å². The van der Waals surface area contributed by atoms with E-state index in [1.807, 2.05) is 0 Å². The summed E-state index contributed by atoms with van der Waals surface area (Å²) in [5, 5.41) is 24.2. The van der Waals surface area contributed by atoms with Crippen molar-refractivity contribution in [1.82, 2.24) is 0 Å². The molecule has 1 aromatic rings. The maximum absolute atomic E-state index is 8.06. The van der Waals surface area contributed by atoms with Crippen LogP contribution in [0.2, 0.25) is 0 Å². The van der Waals surface area contributed by atoms with Crippen LogP contribution < -0.4 is 0 Å². The normalized spacial score (nSPS) is 8.95. The Morgan fingerprint density at radius 1 is 0.773 bits per heavy atom. The molecule has 4 heteroatoms. The minimum absolute atomic E-state index is 0. The van der Waals surface area contributed by atoms with Crippen LogP contribution in [0.25, 0.3) is 0 Å². The van der Waals surface area contributed by atoms with Gasteiger partial charge in [0.15, 0.2) is 0 Å². The van der Waals surface area contributed by atoms with Crippen LogP contribution >= 0.6 is 0 Å². The van der Waals surface area contributed by atoms with Crippen molar-refractivity contribution in [2.75, 3.05) is 0 Å². The van der Waals surface area contributed by atoms with E-state index in [0.717, 1.165) is 0 Å². The van der Waals surface area contributed by atoms with Gasteiger partial charge in [0.2, 0.25) is 0 Å². The van der Waals surface area contributed by atoms with Crippen LogP contribution in [0.3, 0.4) is 0 Å². The molecule has 0 unspecified atom stereocenters. The second-order valence-electron chi connectivity index (χ2n) is 5.68. The van der Waals surface area contributed by atoms with E-state index in [2.05, 4.69) is 31.2 Å². The first-order valence-corrected chi connectivity index (χ1v) is 7.88. The molecule has 1 rings (SSSR count). The number of rotatable bonds is 3. The molecule has 0 aromatic heterocycles. The van der Waals surface area contributed by atoms with E-state index in [-0.39, 0.29) is 44.5 Å². The van der Waals surface area contributed by atoms with Crippen molar-refractivity contribution in [3.8, 4) is 0 Å². The number of aryl methyl sites for hydroxylation is 1. The van der Waals surface area contributed by atoms with Gasteiger partial charge in [-0.3, -0.25) is 0 Å². The number of hydrogen-bond donors (Lipinski definition) is 3. The van der Waals surface area contributed by atoms with E-state index in [1.165, 1.54) is 24.8 Å². The molecule has 22 heavy (non-hydrogen) atoms. The van der Waals surface area contributed by atoms with Gasteiger partial charge in [-0.2, -0.15) is 17.7 Å². The largest absolute Gasteiger partial charge is 0.394 e. The van der Waals surface area contributed by atoms with Gasteiger partial charge >= 0.3 is 0 Å². The first-order valence-electron chi connectivity index (χ1n) is 7.88. The molecule has 0 saturated carbocycles. The molecule has 0 amide bonds. The molecule has 132 valence electrons. The molecule has 0 bridgehead atoms. The van der Waals surface area contributed by atoms with Crippen LogP contribution in [0.5, 0.6) is 0 Å². The molecule has 3 N–H and O–H groups in total. The molecule has 1 aromatic carbocycles. The van der Waals surface area contributed by atoms with Crippen molar-refractivity contribution in [2.24, 2.45) is 0 Å². The van der Waals surface area contributed by atoms with Gasteiger partial charge in [0.05, 0.1) is 0 Å². The number of aliphatic hydroxyl groups excluding tert-OH is 3. The fourth-order valence-electron chi connectivity index (χ4n) is 0.961. The molecule has 0 atom stereocenters. The summed E-state index contributed by atoms with van der Waals surface area (Å²) >= 11 is 0. The van der Waals surface area contributed by atoms with Crippen LogP contribution in [-0.4, -0.2) is 33.6 Å².